The van der Waals surface area contributed by atoms with Crippen LogP contribution in [0.2, 0.25) is 0 Å². The van der Waals surface area contributed by atoms with Gasteiger partial charge in [-0.1, -0.05) is 5.16 Å². The molecule has 0 bridgehead atoms. The Kier molecular flexibility index (Phi) is 3.87. The summed E-state index contributed by atoms with van der Waals surface area (Å²) in [6.07, 6.45) is 6.05. The van der Waals surface area contributed by atoms with Crippen molar-refractivity contribution in [1.82, 2.24) is 20.0 Å². The lowest BCUT2D eigenvalue weighted by atomic mass is 9.91. The van der Waals surface area contributed by atoms with Gasteiger partial charge in [0.25, 0.3) is 0 Å². The highest BCUT2D eigenvalue weighted by Gasteiger charge is 2.40. The minimum absolute atomic E-state index is 0.118. The summed E-state index contributed by atoms with van der Waals surface area (Å²) in [4.78, 5) is 10.8. The van der Waals surface area contributed by atoms with Crippen molar-refractivity contribution in [3.05, 3.63) is 41.3 Å². The molecule has 6 nitrogen and oxygen atoms in total. The van der Waals surface area contributed by atoms with Crippen LogP contribution >= 0.6 is 0 Å². The van der Waals surface area contributed by atoms with Gasteiger partial charge in [0.2, 0.25) is 0 Å². The zero-order chi connectivity index (χ0) is 15.8. The molecule has 0 spiro atoms. The van der Waals surface area contributed by atoms with Crippen LogP contribution in [0.25, 0.3) is 0 Å². The maximum atomic E-state index is 6.29. The summed E-state index contributed by atoms with van der Waals surface area (Å²) >= 11 is 0. The Bertz CT molecular complexity index is 653. The minimum Gasteiger partial charge on any atom is -0.367 e. The van der Waals surface area contributed by atoms with Gasteiger partial charge in [0, 0.05) is 24.8 Å². The van der Waals surface area contributed by atoms with Crippen LogP contribution in [0.3, 0.4) is 0 Å². The molecule has 0 saturated carbocycles. The molecule has 0 N–H and O–H groups in total. The molecule has 0 amide bonds. The summed E-state index contributed by atoms with van der Waals surface area (Å²) in [5.74, 6) is 1.56. The highest BCUT2D eigenvalue weighted by Crippen LogP contribution is 2.40. The number of piperidine rings is 1. The van der Waals surface area contributed by atoms with Crippen LogP contribution < -0.4 is 0 Å². The molecule has 2 aliphatic heterocycles. The number of nitrogens with zero attached hydrogens (tertiary/aromatic N) is 4. The van der Waals surface area contributed by atoms with Crippen LogP contribution in [0.1, 0.15) is 41.7 Å². The predicted octanol–water partition coefficient (Wildman–Crippen LogP) is 2.43. The summed E-state index contributed by atoms with van der Waals surface area (Å²) in [5, 5.41) is 4.05. The van der Waals surface area contributed by atoms with Crippen molar-refractivity contribution in [3.63, 3.8) is 0 Å². The van der Waals surface area contributed by atoms with Gasteiger partial charge in [-0.05, 0) is 45.2 Å². The first-order chi connectivity index (χ1) is 11.2. The van der Waals surface area contributed by atoms with Gasteiger partial charge in [-0.25, -0.2) is 9.97 Å². The molecule has 3 atom stereocenters. The number of ether oxygens (including phenoxy) is 1. The maximum absolute atomic E-state index is 6.29. The third kappa shape index (κ3) is 2.88. The van der Waals surface area contributed by atoms with Gasteiger partial charge in [0.1, 0.15) is 18.2 Å². The average Bonchev–Trinajstić information content (AvgIpc) is 3.14. The number of aromatic nitrogens is 3. The lowest BCUT2D eigenvalue weighted by Gasteiger charge is -2.33. The van der Waals surface area contributed by atoms with Gasteiger partial charge in [-0.3, -0.25) is 4.90 Å². The van der Waals surface area contributed by atoms with Crippen LogP contribution in [-0.2, 0) is 11.3 Å². The molecule has 2 aromatic heterocycles. The van der Waals surface area contributed by atoms with E-state index in [1.807, 2.05) is 19.9 Å². The Morgan fingerprint density at radius 3 is 3.00 bits per heavy atom. The second kappa shape index (κ2) is 6.02. The fraction of sp³-hybridized carbons (Fsp3) is 0.588. The number of hydrogen-bond acceptors (Lipinski definition) is 6. The Morgan fingerprint density at radius 2 is 2.26 bits per heavy atom. The van der Waals surface area contributed by atoms with Crippen molar-refractivity contribution in [2.45, 2.75) is 45.4 Å². The van der Waals surface area contributed by atoms with E-state index in [0.717, 1.165) is 43.2 Å². The highest BCUT2D eigenvalue weighted by molar-refractivity contribution is 5.20. The van der Waals surface area contributed by atoms with Gasteiger partial charge < -0.3 is 9.26 Å². The molecule has 6 heteroatoms. The van der Waals surface area contributed by atoms with Crippen molar-refractivity contribution >= 4 is 0 Å². The molecule has 23 heavy (non-hydrogen) atoms. The number of likely N-dealkylation sites (tertiary alicyclic amines) is 1. The summed E-state index contributed by atoms with van der Waals surface area (Å²) in [7, 11) is 0. The second-order valence-corrected chi connectivity index (χ2v) is 6.62. The van der Waals surface area contributed by atoms with Gasteiger partial charge in [-0.15, -0.1) is 0 Å². The summed E-state index contributed by atoms with van der Waals surface area (Å²) < 4.78 is 11.6. The first-order valence-electron chi connectivity index (χ1n) is 8.26. The fourth-order valence-electron chi connectivity index (χ4n) is 3.77. The molecule has 2 fully saturated rings. The van der Waals surface area contributed by atoms with Crippen LogP contribution in [0, 0.1) is 19.8 Å². The smallest absolute Gasteiger partial charge is 0.138 e. The zero-order valence-electron chi connectivity index (χ0n) is 13.6. The molecule has 122 valence electrons. The van der Waals surface area contributed by atoms with E-state index in [-0.39, 0.29) is 6.10 Å². The van der Waals surface area contributed by atoms with Crippen LogP contribution in [-0.4, -0.2) is 39.2 Å². The summed E-state index contributed by atoms with van der Waals surface area (Å²) in [6.45, 7) is 6.96. The molecule has 4 rings (SSSR count). The summed E-state index contributed by atoms with van der Waals surface area (Å²) in [6, 6.07) is 1.96. The van der Waals surface area contributed by atoms with E-state index in [4.69, 9.17) is 9.26 Å². The van der Waals surface area contributed by atoms with Gasteiger partial charge in [0.05, 0.1) is 17.5 Å². The van der Waals surface area contributed by atoms with Crippen molar-refractivity contribution in [3.8, 4) is 0 Å². The van der Waals surface area contributed by atoms with E-state index in [1.54, 1.807) is 12.5 Å². The van der Waals surface area contributed by atoms with E-state index in [9.17, 15) is 0 Å². The lowest BCUT2D eigenvalue weighted by Crippen LogP contribution is -2.41. The van der Waals surface area contributed by atoms with Crippen molar-refractivity contribution in [1.29, 1.82) is 0 Å². The number of hydrogen-bond donors (Lipinski definition) is 0. The third-order valence-electron chi connectivity index (χ3n) is 5.13. The Morgan fingerprint density at radius 1 is 1.35 bits per heavy atom. The molecular formula is C17H22N4O2. The molecule has 2 aromatic rings. The number of rotatable bonds is 3. The SMILES string of the molecule is Cc1noc(C)c1CN1CC[C@@H]2C[C@H](c3ccncn3)O[C@H]2C1. The molecule has 0 unspecified atom stereocenters. The Hall–Kier alpha value is -1.79. The topological polar surface area (TPSA) is 64.3 Å². The molecule has 2 saturated heterocycles. The van der Waals surface area contributed by atoms with Crippen LogP contribution in [0.4, 0.5) is 0 Å². The Balaban J connectivity index is 1.42. The number of fused-ring (bicyclic) bond motifs is 1. The first-order valence-corrected chi connectivity index (χ1v) is 8.26. The Labute approximate surface area is 135 Å². The first kappa shape index (κ1) is 14.8. The van der Waals surface area contributed by atoms with Gasteiger partial charge in [-0.2, -0.15) is 0 Å². The molecule has 2 aliphatic rings. The second-order valence-electron chi connectivity index (χ2n) is 6.62. The summed E-state index contributed by atoms with van der Waals surface area (Å²) in [5.41, 5.74) is 3.22. The lowest BCUT2D eigenvalue weighted by molar-refractivity contribution is -0.0108. The minimum atomic E-state index is 0.118. The van der Waals surface area contributed by atoms with Crippen molar-refractivity contribution < 1.29 is 9.26 Å². The fourth-order valence-corrected chi connectivity index (χ4v) is 3.77. The van der Waals surface area contributed by atoms with E-state index in [2.05, 4.69) is 20.0 Å². The quantitative estimate of drug-likeness (QED) is 0.867. The van der Waals surface area contributed by atoms with Crippen molar-refractivity contribution in [2.24, 2.45) is 5.92 Å². The maximum Gasteiger partial charge on any atom is 0.138 e. The zero-order valence-corrected chi connectivity index (χ0v) is 13.6. The highest BCUT2D eigenvalue weighted by atomic mass is 16.5. The molecule has 4 heterocycles. The normalized spacial score (nSPS) is 28.0. The standard InChI is InChI=1S/C17H22N4O2/c1-11-14(12(2)23-20-11)8-21-6-4-13-7-16(22-17(13)9-21)15-3-5-18-10-19-15/h3,5,10,13,16-17H,4,6-9H2,1-2H3/t13-,16-,17+/m1/s1. The number of aryl methyl sites for hydroxylation is 2. The molecular weight excluding hydrogens is 292 g/mol. The van der Waals surface area contributed by atoms with Gasteiger partial charge in [0.15, 0.2) is 0 Å². The average molecular weight is 314 g/mol. The van der Waals surface area contributed by atoms with Crippen molar-refractivity contribution in [2.75, 3.05) is 13.1 Å². The van der Waals surface area contributed by atoms with Gasteiger partial charge >= 0.3 is 0 Å². The monoisotopic (exact) mass is 314 g/mol. The van der Waals surface area contributed by atoms with Crippen LogP contribution in [0.15, 0.2) is 23.1 Å². The van der Waals surface area contributed by atoms with E-state index in [1.165, 1.54) is 12.0 Å². The molecule has 0 radical (unpaired) electrons. The molecule has 0 aliphatic carbocycles. The van der Waals surface area contributed by atoms with E-state index >= 15 is 0 Å². The van der Waals surface area contributed by atoms with E-state index < -0.39 is 0 Å². The predicted molar refractivity (Wildman–Crippen MR) is 83.6 cm³/mol. The van der Waals surface area contributed by atoms with E-state index in [0.29, 0.717) is 12.0 Å². The third-order valence-corrected chi connectivity index (χ3v) is 5.13. The largest absolute Gasteiger partial charge is 0.367 e. The molecule has 0 aromatic carbocycles. The van der Waals surface area contributed by atoms with Crippen LogP contribution in [0.5, 0.6) is 0 Å².